The smallest absolute Gasteiger partial charge is 0.410 e. The number of ether oxygens (including phenoxy) is 2. The van der Waals surface area contributed by atoms with Gasteiger partial charge in [0.05, 0.1) is 30.7 Å². The van der Waals surface area contributed by atoms with Crippen LogP contribution in [0.15, 0.2) is 48.1 Å². The van der Waals surface area contributed by atoms with E-state index in [0.717, 1.165) is 0 Å². The van der Waals surface area contributed by atoms with Gasteiger partial charge in [-0.05, 0) is 13.3 Å². The van der Waals surface area contributed by atoms with Crippen LogP contribution in [0.4, 0.5) is 4.79 Å². The molecular weight excluding hydrogens is 460 g/mol. The molecule has 2 amide bonds. The van der Waals surface area contributed by atoms with Crippen LogP contribution >= 0.6 is 11.8 Å². The van der Waals surface area contributed by atoms with Crippen LogP contribution in [0.5, 0.6) is 0 Å². The zero-order chi connectivity index (χ0) is 25.0. The lowest BCUT2D eigenvalue weighted by atomic mass is 9.79. The van der Waals surface area contributed by atoms with E-state index in [0.29, 0.717) is 17.9 Å². The fourth-order valence-corrected chi connectivity index (χ4v) is 6.32. The lowest BCUT2D eigenvalue weighted by Gasteiger charge is -2.46. The summed E-state index contributed by atoms with van der Waals surface area (Å²) in [5.41, 5.74) is 0.210. The van der Waals surface area contributed by atoms with Crippen LogP contribution in [0.3, 0.4) is 0 Å². The number of fused-ring (bicyclic) bond motifs is 1. The summed E-state index contributed by atoms with van der Waals surface area (Å²) in [4.78, 5) is 42.0. The van der Waals surface area contributed by atoms with Crippen LogP contribution in [0, 0.1) is 11.8 Å². The molecule has 2 fully saturated rings. The minimum absolute atomic E-state index is 0.0154. The Kier molecular flexibility index (Phi) is 8.62. The monoisotopic (exact) mass is 492 g/mol. The van der Waals surface area contributed by atoms with Crippen LogP contribution in [-0.4, -0.2) is 87.8 Å². The molecule has 9 nitrogen and oxygen atoms in total. The lowest BCUT2D eigenvalue weighted by molar-refractivity contribution is -0.164. The molecule has 0 radical (unpaired) electrons. The summed E-state index contributed by atoms with van der Waals surface area (Å²) in [6, 6.07) is -0.597. The first-order chi connectivity index (χ1) is 16.3. The summed E-state index contributed by atoms with van der Waals surface area (Å²) < 4.78 is 10.5. The maximum absolute atomic E-state index is 12.9. The fourth-order valence-electron chi connectivity index (χ4n) is 4.79. The van der Waals surface area contributed by atoms with Crippen molar-refractivity contribution in [1.82, 2.24) is 9.80 Å². The molecule has 3 rings (SSSR count). The molecule has 2 saturated heterocycles. The molecule has 34 heavy (non-hydrogen) atoms. The second-order valence-electron chi connectivity index (χ2n) is 8.53. The highest BCUT2D eigenvalue weighted by molar-refractivity contribution is 8.03. The first-order valence-electron chi connectivity index (χ1n) is 11.3. The highest BCUT2D eigenvalue weighted by Crippen LogP contribution is 2.52. The van der Waals surface area contributed by atoms with Gasteiger partial charge in [-0.3, -0.25) is 4.79 Å². The van der Waals surface area contributed by atoms with Gasteiger partial charge in [0.1, 0.15) is 18.9 Å². The molecule has 0 aliphatic carbocycles. The Morgan fingerprint density at radius 1 is 1.26 bits per heavy atom. The number of hydrogen-bond acceptors (Lipinski definition) is 8. The summed E-state index contributed by atoms with van der Waals surface area (Å²) in [6.07, 6.45) is 5.56. The Morgan fingerprint density at radius 2 is 1.94 bits per heavy atom. The third-order valence-electron chi connectivity index (χ3n) is 6.26. The number of β-lactam (4-membered cyclic amide) rings is 1. The van der Waals surface area contributed by atoms with E-state index < -0.39 is 24.1 Å². The maximum atomic E-state index is 12.9. The Morgan fingerprint density at radius 3 is 2.56 bits per heavy atom. The van der Waals surface area contributed by atoms with E-state index in [1.165, 1.54) is 28.8 Å². The lowest BCUT2D eigenvalue weighted by Crippen LogP contribution is -2.63. The zero-order valence-electron chi connectivity index (χ0n) is 19.5. The molecule has 6 atom stereocenters. The molecule has 0 bridgehead atoms. The Bertz CT molecular complexity index is 900. The van der Waals surface area contributed by atoms with Crippen molar-refractivity contribution < 1.29 is 34.1 Å². The second kappa shape index (κ2) is 11.2. The number of amides is 2. The van der Waals surface area contributed by atoms with Gasteiger partial charge >= 0.3 is 12.1 Å². The van der Waals surface area contributed by atoms with Gasteiger partial charge in [0, 0.05) is 22.6 Å². The third-order valence-corrected chi connectivity index (χ3v) is 7.75. The number of rotatable bonds is 10. The van der Waals surface area contributed by atoms with E-state index in [1.807, 2.05) is 6.92 Å². The Hall–Kier alpha value is -2.56. The molecular formula is C24H32N2O7S. The van der Waals surface area contributed by atoms with E-state index in [9.17, 15) is 24.6 Å². The molecule has 0 spiro atoms. The number of hydrogen-bond donors (Lipinski definition) is 2. The molecule has 3 aliphatic heterocycles. The van der Waals surface area contributed by atoms with Crippen LogP contribution in [0.25, 0.3) is 0 Å². The number of nitrogens with zero attached hydrogens (tertiary/aromatic N) is 2. The van der Waals surface area contributed by atoms with E-state index in [-0.39, 0.29) is 54.7 Å². The molecule has 3 aliphatic rings. The van der Waals surface area contributed by atoms with Crippen molar-refractivity contribution in [1.29, 1.82) is 0 Å². The molecule has 0 aromatic rings. The van der Waals surface area contributed by atoms with Crippen LogP contribution in [-0.2, 0) is 19.1 Å². The second-order valence-corrected chi connectivity index (χ2v) is 9.87. The zero-order valence-corrected chi connectivity index (χ0v) is 20.3. The van der Waals surface area contributed by atoms with Crippen molar-refractivity contribution in [2.24, 2.45) is 11.8 Å². The molecule has 0 aromatic heterocycles. The maximum Gasteiger partial charge on any atom is 0.410 e. The summed E-state index contributed by atoms with van der Waals surface area (Å²) in [5.74, 6) is -1.66. The van der Waals surface area contributed by atoms with Gasteiger partial charge in [-0.1, -0.05) is 44.4 Å². The number of likely N-dealkylation sites (tertiary alicyclic amines) is 1. The number of esters is 1. The van der Waals surface area contributed by atoms with Crippen molar-refractivity contribution >= 4 is 29.7 Å². The summed E-state index contributed by atoms with van der Waals surface area (Å²) in [7, 11) is 0. The van der Waals surface area contributed by atoms with E-state index >= 15 is 0 Å². The topological polar surface area (TPSA) is 117 Å². The quantitative estimate of drug-likeness (QED) is 0.270. The predicted octanol–water partition coefficient (Wildman–Crippen LogP) is 1.83. The van der Waals surface area contributed by atoms with Crippen molar-refractivity contribution in [2.45, 2.75) is 43.7 Å². The number of aliphatic hydroxyl groups is 2. The molecule has 2 N–H and O–H groups in total. The average Bonchev–Trinajstić information content (AvgIpc) is 3.31. The predicted molar refractivity (Wildman–Crippen MR) is 127 cm³/mol. The van der Waals surface area contributed by atoms with Crippen LogP contribution in [0.1, 0.15) is 20.3 Å². The van der Waals surface area contributed by atoms with E-state index in [2.05, 4.69) is 13.2 Å². The van der Waals surface area contributed by atoms with Gasteiger partial charge in [0.25, 0.3) is 0 Å². The van der Waals surface area contributed by atoms with Gasteiger partial charge in [0.15, 0.2) is 0 Å². The number of aliphatic hydroxyl groups excluding tert-OH is 2. The van der Waals surface area contributed by atoms with Crippen molar-refractivity contribution in [3.63, 3.8) is 0 Å². The van der Waals surface area contributed by atoms with E-state index in [4.69, 9.17) is 9.47 Å². The van der Waals surface area contributed by atoms with Gasteiger partial charge < -0.3 is 29.5 Å². The van der Waals surface area contributed by atoms with Gasteiger partial charge in [-0.15, -0.1) is 11.8 Å². The van der Waals surface area contributed by atoms with Crippen LogP contribution in [0.2, 0.25) is 0 Å². The highest BCUT2D eigenvalue weighted by Gasteiger charge is 2.60. The molecule has 186 valence electrons. The van der Waals surface area contributed by atoms with Crippen LogP contribution < -0.4 is 0 Å². The van der Waals surface area contributed by atoms with Gasteiger partial charge in [0.2, 0.25) is 5.91 Å². The van der Waals surface area contributed by atoms with Crippen molar-refractivity contribution in [2.75, 3.05) is 26.4 Å². The molecule has 0 saturated carbocycles. The molecule has 0 aromatic carbocycles. The number of carbonyl (C=O) groups is 3. The number of thioether (sulfide) groups is 1. The summed E-state index contributed by atoms with van der Waals surface area (Å²) in [5, 5.41) is 19.2. The summed E-state index contributed by atoms with van der Waals surface area (Å²) >= 11 is 1.45. The van der Waals surface area contributed by atoms with Crippen molar-refractivity contribution in [3.05, 3.63) is 48.1 Å². The SMILES string of the molecule is C=CCOC(=O)C1=C(S[C@H]2C[C@@H](/C=C/CO)N(C(=O)OCC=C)C2)[C@H](C)[C@@H]2[C@@H]([C@@H](C)O)C(=O)N12. The largest absolute Gasteiger partial charge is 0.457 e. The third kappa shape index (κ3) is 4.94. The molecule has 0 unspecified atom stereocenters. The Labute approximate surface area is 203 Å². The van der Waals surface area contributed by atoms with E-state index in [1.54, 1.807) is 24.0 Å². The minimum atomic E-state index is -0.833. The normalized spacial score (nSPS) is 29.2. The van der Waals surface area contributed by atoms with Crippen molar-refractivity contribution in [3.8, 4) is 0 Å². The first kappa shape index (κ1) is 26.1. The van der Waals surface area contributed by atoms with Gasteiger partial charge in [-0.2, -0.15) is 0 Å². The highest BCUT2D eigenvalue weighted by atomic mass is 32.2. The minimum Gasteiger partial charge on any atom is -0.457 e. The first-order valence-corrected chi connectivity index (χ1v) is 12.2. The molecule has 10 heteroatoms. The molecule has 3 heterocycles. The summed E-state index contributed by atoms with van der Waals surface area (Å²) in [6.45, 7) is 11.0. The standard InChI is InChI=1S/C24H32N2O7S/c1-5-10-32-23(30)20-21(14(3)19-18(15(4)28)22(29)26(19)20)34-17-12-16(8-7-9-27)25(13-17)24(31)33-11-6-2/h5-8,14-19,27-28H,1-2,9-13H2,3-4H3/b8-7+/t14-,15-,16-,17+,18-,19-/m1/s1. The Balaban J connectivity index is 1.86. The average molecular weight is 493 g/mol. The fraction of sp³-hybridized carbons (Fsp3) is 0.542. The van der Waals surface area contributed by atoms with Gasteiger partial charge in [-0.25, -0.2) is 9.59 Å². The number of carbonyl (C=O) groups excluding carboxylic acids is 3.